The van der Waals surface area contributed by atoms with Crippen molar-refractivity contribution in [1.82, 2.24) is 14.3 Å². The first-order chi connectivity index (χ1) is 9.54. The zero-order chi connectivity index (χ0) is 14.3. The molecule has 1 saturated carbocycles. The van der Waals surface area contributed by atoms with Crippen molar-refractivity contribution < 1.29 is 0 Å². The summed E-state index contributed by atoms with van der Waals surface area (Å²) in [5.41, 5.74) is 2.65. The highest BCUT2D eigenvalue weighted by atomic mass is 16.1. The van der Waals surface area contributed by atoms with Crippen molar-refractivity contribution in [2.45, 2.75) is 39.3 Å². The van der Waals surface area contributed by atoms with Crippen molar-refractivity contribution in [3.8, 4) is 0 Å². The van der Waals surface area contributed by atoms with Gasteiger partial charge >= 0.3 is 0 Å². The molecule has 0 spiro atoms. The molecule has 2 aromatic heterocycles. The van der Waals surface area contributed by atoms with Crippen molar-refractivity contribution in [3.63, 3.8) is 0 Å². The Hall–Kier alpha value is -1.68. The second-order valence-electron chi connectivity index (χ2n) is 6.01. The molecule has 20 heavy (non-hydrogen) atoms. The second kappa shape index (κ2) is 5.02. The fourth-order valence-electron chi connectivity index (χ4n) is 2.68. The number of nitrogens with zero attached hydrogens (tertiary/aromatic N) is 3. The summed E-state index contributed by atoms with van der Waals surface area (Å²) in [6, 6.07) is 6.11. The van der Waals surface area contributed by atoms with E-state index in [4.69, 9.17) is 0 Å². The van der Waals surface area contributed by atoms with E-state index in [1.807, 2.05) is 25.3 Å². The van der Waals surface area contributed by atoms with Crippen LogP contribution in [-0.2, 0) is 6.54 Å². The predicted octanol–water partition coefficient (Wildman–Crippen LogP) is 2.23. The topological polar surface area (TPSA) is 37.6 Å². The third-order valence-corrected chi connectivity index (χ3v) is 4.27. The van der Waals surface area contributed by atoms with E-state index in [2.05, 4.69) is 23.9 Å². The Kier molecular flexibility index (Phi) is 3.34. The third kappa shape index (κ3) is 2.61. The van der Waals surface area contributed by atoms with E-state index in [1.54, 1.807) is 10.5 Å². The van der Waals surface area contributed by atoms with Gasteiger partial charge in [0.05, 0.1) is 5.69 Å². The average molecular weight is 271 g/mol. The predicted molar refractivity (Wildman–Crippen MR) is 79.9 cm³/mol. The summed E-state index contributed by atoms with van der Waals surface area (Å²) in [6.45, 7) is 4.97. The van der Waals surface area contributed by atoms with Crippen LogP contribution in [0.25, 0.3) is 5.65 Å². The van der Waals surface area contributed by atoms with Gasteiger partial charge in [0.1, 0.15) is 5.65 Å². The van der Waals surface area contributed by atoms with Crippen LogP contribution in [0.5, 0.6) is 0 Å². The van der Waals surface area contributed by atoms with Crippen LogP contribution < -0.4 is 5.56 Å². The minimum absolute atomic E-state index is 0.00109. The smallest absolute Gasteiger partial charge is 0.258 e. The van der Waals surface area contributed by atoms with Gasteiger partial charge in [0, 0.05) is 24.8 Å². The lowest BCUT2D eigenvalue weighted by Crippen LogP contribution is -2.31. The van der Waals surface area contributed by atoms with Crippen LogP contribution in [0.3, 0.4) is 0 Å². The molecule has 0 aliphatic heterocycles. The molecule has 0 radical (unpaired) electrons. The molecule has 1 aliphatic carbocycles. The van der Waals surface area contributed by atoms with E-state index in [1.165, 1.54) is 12.8 Å². The molecule has 106 valence electrons. The van der Waals surface area contributed by atoms with Gasteiger partial charge in [0.2, 0.25) is 0 Å². The number of fused-ring (bicyclic) bond motifs is 1. The SMILES string of the molecule is Cc1ccc2nc(CN(C)[C@H](C)C3CC3)cc(=O)n2c1. The van der Waals surface area contributed by atoms with E-state index < -0.39 is 0 Å². The van der Waals surface area contributed by atoms with E-state index in [-0.39, 0.29) is 5.56 Å². The van der Waals surface area contributed by atoms with Crippen LogP contribution in [0.4, 0.5) is 0 Å². The van der Waals surface area contributed by atoms with Gasteiger partial charge in [-0.2, -0.15) is 0 Å². The Morgan fingerprint density at radius 2 is 2.20 bits per heavy atom. The maximum atomic E-state index is 12.2. The summed E-state index contributed by atoms with van der Waals surface area (Å²) in [6.07, 6.45) is 4.50. The molecule has 4 nitrogen and oxygen atoms in total. The molecule has 1 atom stereocenters. The van der Waals surface area contributed by atoms with Crippen LogP contribution in [0, 0.1) is 12.8 Å². The summed E-state index contributed by atoms with van der Waals surface area (Å²) >= 11 is 0. The molecule has 1 fully saturated rings. The number of aryl methyl sites for hydroxylation is 1. The number of hydrogen-bond donors (Lipinski definition) is 0. The highest BCUT2D eigenvalue weighted by molar-refractivity contribution is 5.39. The van der Waals surface area contributed by atoms with Crippen molar-refractivity contribution in [2.24, 2.45) is 5.92 Å². The van der Waals surface area contributed by atoms with E-state index >= 15 is 0 Å². The molecule has 4 heteroatoms. The molecule has 2 aromatic rings. The first-order valence-corrected chi connectivity index (χ1v) is 7.24. The standard InChI is InChI=1S/C16H21N3O/c1-11-4-7-15-17-14(8-16(20)19(15)9-11)10-18(3)12(2)13-5-6-13/h4,7-9,12-13H,5-6,10H2,1-3H3/t12-/m1/s1. The molecule has 0 unspecified atom stereocenters. The van der Waals surface area contributed by atoms with Crippen LogP contribution in [-0.4, -0.2) is 27.4 Å². The molecule has 2 heterocycles. The number of rotatable bonds is 4. The monoisotopic (exact) mass is 271 g/mol. The lowest BCUT2D eigenvalue weighted by molar-refractivity contribution is 0.224. The maximum Gasteiger partial charge on any atom is 0.258 e. The molecular weight excluding hydrogens is 250 g/mol. The normalized spacial score (nSPS) is 16.8. The minimum atomic E-state index is 0.00109. The van der Waals surface area contributed by atoms with Crippen molar-refractivity contribution in [3.05, 3.63) is 46.0 Å². The van der Waals surface area contributed by atoms with Crippen LogP contribution >= 0.6 is 0 Å². The van der Waals surface area contributed by atoms with Crippen LogP contribution in [0.2, 0.25) is 0 Å². The molecule has 0 saturated heterocycles. The van der Waals surface area contributed by atoms with Crippen molar-refractivity contribution >= 4 is 5.65 Å². The second-order valence-corrected chi connectivity index (χ2v) is 6.01. The van der Waals surface area contributed by atoms with Gasteiger partial charge in [-0.3, -0.25) is 14.1 Å². The Bertz CT molecular complexity index is 688. The van der Waals surface area contributed by atoms with E-state index in [0.717, 1.165) is 29.4 Å². The van der Waals surface area contributed by atoms with E-state index in [0.29, 0.717) is 6.04 Å². The number of pyridine rings is 1. The van der Waals surface area contributed by atoms with Crippen LogP contribution in [0.1, 0.15) is 31.0 Å². The molecule has 0 aromatic carbocycles. The molecule has 0 bridgehead atoms. The summed E-state index contributed by atoms with van der Waals surface area (Å²) in [4.78, 5) is 19.1. The lowest BCUT2D eigenvalue weighted by atomic mass is 10.2. The maximum absolute atomic E-state index is 12.2. The quantitative estimate of drug-likeness (QED) is 0.856. The van der Waals surface area contributed by atoms with Crippen LogP contribution in [0.15, 0.2) is 29.2 Å². The Morgan fingerprint density at radius 1 is 1.45 bits per heavy atom. The fraction of sp³-hybridized carbons (Fsp3) is 0.500. The van der Waals surface area contributed by atoms with Gasteiger partial charge in [0.15, 0.2) is 0 Å². The Morgan fingerprint density at radius 3 is 2.90 bits per heavy atom. The molecular formula is C16H21N3O. The largest absolute Gasteiger partial charge is 0.298 e. The molecule has 0 N–H and O–H groups in total. The first-order valence-electron chi connectivity index (χ1n) is 7.24. The van der Waals surface area contributed by atoms with Crippen molar-refractivity contribution in [2.75, 3.05) is 7.05 Å². The van der Waals surface area contributed by atoms with Gasteiger partial charge in [0.25, 0.3) is 5.56 Å². The average Bonchev–Trinajstić information content (AvgIpc) is 3.23. The number of aromatic nitrogens is 2. The van der Waals surface area contributed by atoms with E-state index in [9.17, 15) is 4.79 Å². The summed E-state index contributed by atoms with van der Waals surface area (Å²) in [7, 11) is 2.11. The molecule has 3 rings (SSSR count). The highest BCUT2D eigenvalue weighted by Crippen LogP contribution is 2.34. The summed E-state index contributed by atoms with van der Waals surface area (Å²) < 4.78 is 1.61. The summed E-state index contributed by atoms with van der Waals surface area (Å²) in [5.74, 6) is 0.823. The fourth-order valence-corrected chi connectivity index (χ4v) is 2.68. The zero-order valence-electron chi connectivity index (χ0n) is 12.3. The van der Waals surface area contributed by atoms with Gasteiger partial charge < -0.3 is 0 Å². The lowest BCUT2D eigenvalue weighted by Gasteiger charge is -2.24. The number of hydrogen-bond acceptors (Lipinski definition) is 3. The van der Waals surface area contributed by atoms with Gasteiger partial charge in [-0.1, -0.05) is 6.07 Å². The van der Waals surface area contributed by atoms with Gasteiger partial charge in [-0.15, -0.1) is 0 Å². The first kappa shape index (κ1) is 13.3. The molecule has 1 aliphatic rings. The van der Waals surface area contributed by atoms with Crippen molar-refractivity contribution in [1.29, 1.82) is 0 Å². The Labute approximate surface area is 119 Å². The zero-order valence-corrected chi connectivity index (χ0v) is 12.3. The molecule has 0 amide bonds. The third-order valence-electron chi connectivity index (χ3n) is 4.27. The van der Waals surface area contributed by atoms with Gasteiger partial charge in [-0.25, -0.2) is 4.98 Å². The van der Waals surface area contributed by atoms with Gasteiger partial charge in [-0.05, 0) is 51.3 Å². The minimum Gasteiger partial charge on any atom is -0.298 e. The Balaban J connectivity index is 1.88. The summed E-state index contributed by atoms with van der Waals surface area (Å²) in [5, 5.41) is 0. The highest BCUT2D eigenvalue weighted by Gasteiger charge is 2.30.